The van der Waals surface area contributed by atoms with E-state index in [9.17, 15) is 10.1 Å². The molecule has 1 aliphatic carbocycles. The second kappa shape index (κ2) is 6.35. The zero-order valence-corrected chi connectivity index (χ0v) is 14.6. The number of aryl methyl sites for hydroxylation is 1. The predicted molar refractivity (Wildman–Crippen MR) is 94.4 cm³/mol. The van der Waals surface area contributed by atoms with Crippen LogP contribution in [0, 0.1) is 24.2 Å². The number of carbonyl (C=O) groups excluding carboxylic acids is 1. The van der Waals surface area contributed by atoms with Gasteiger partial charge in [-0.05, 0) is 55.4 Å². The molecule has 3 rings (SSSR count). The number of rotatable bonds is 2. The molecule has 1 amide bonds. The van der Waals surface area contributed by atoms with Crippen molar-refractivity contribution in [2.24, 2.45) is 5.92 Å². The van der Waals surface area contributed by atoms with E-state index in [0.29, 0.717) is 27.1 Å². The molecule has 0 spiro atoms. The number of nitrogens with zero attached hydrogens (tertiary/aromatic N) is 1. The van der Waals surface area contributed by atoms with E-state index in [1.54, 1.807) is 12.1 Å². The fourth-order valence-electron chi connectivity index (χ4n) is 2.93. The lowest BCUT2D eigenvalue weighted by Gasteiger charge is -2.17. The summed E-state index contributed by atoms with van der Waals surface area (Å²) >= 11 is 7.69. The monoisotopic (exact) mass is 344 g/mol. The van der Waals surface area contributed by atoms with Crippen molar-refractivity contribution in [3.63, 3.8) is 0 Å². The van der Waals surface area contributed by atoms with Gasteiger partial charge in [0.25, 0.3) is 5.91 Å². The Labute approximate surface area is 144 Å². The summed E-state index contributed by atoms with van der Waals surface area (Å²) in [6, 6.07) is 7.60. The van der Waals surface area contributed by atoms with Gasteiger partial charge in [-0.25, -0.2) is 0 Å². The van der Waals surface area contributed by atoms with Crippen molar-refractivity contribution in [2.75, 3.05) is 5.32 Å². The number of hydrogen-bond donors (Lipinski definition) is 1. The normalized spacial score (nSPS) is 16.5. The van der Waals surface area contributed by atoms with Crippen molar-refractivity contribution >= 4 is 33.8 Å². The van der Waals surface area contributed by atoms with E-state index in [-0.39, 0.29) is 5.91 Å². The van der Waals surface area contributed by atoms with E-state index in [2.05, 4.69) is 18.3 Å². The highest BCUT2D eigenvalue weighted by atomic mass is 35.5. The summed E-state index contributed by atoms with van der Waals surface area (Å²) in [5, 5.41) is 13.4. The Morgan fingerprint density at radius 1 is 1.48 bits per heavy atom. The summed E-state index contributed by atoms with van der Waals surface area (Å²) < 4.78 is 0. The van der Waals surface area contributed by atoms with E-state index in [0.717, 1.165) is 30.4 Å². The Morgan fingerprint density at radius 2 is 2.26 bits per heavy atom. The van der Waals surface area contributed by atoms with Crippen molar-refractivity contribution < 1.29 is 4.79 Å². The second-order valence-electron chi connectivity index (χ2n) is 6.11. The maximum absolute atomic E-state index is 12.5. The number of benzene rings is 1. The maximum atomic E-state index is 12.5. The van der Waals surface area contributed by atoms with Gasteiger partial charge < -0.3 is 5.32 Å². The van der Waals surface area contributed by atoms with Crippen LogP contribution in [0.4, 0.5) is 5.00 Å². The van der Waals surface area contributed by atoms with Gasteiger partial charge in [-0.2, -0.15) is 5.26 Å². The van der Waals surface area contributed by atoms with E-state index >= 15 is 0 Å². The quantitative estimate of drug-likeness (QED) is 0.837. The Kier molecular flexibility index (Phi) is 4.43. The molecule has 5 heteroatoms. The van der Waals surface area contributed by atoms with E-state index < -0.39 is 0 Å². The van der Waals surface area contributed by atoms with Crippen LogP contribution in [-0.2, 0) is 12.8 Å². The third-order valence-electron chi connectivity index (χ3n) is 4.22. The van der Waals surface area contributed by atoms with Crippen LogP contribution in [0.3, 0.4) is 0 Å². The Hall–Kier alpha value is -1.83. The first-order valence-electron chi connectivity index (χ1n) is 7.61. The van der Waals surface area contributed by atoms with Crippen LogP contribution in [0.15, 0.2) is 18.2 Å². The first-order valence-corrected chi connectivity index (χ1v) is 8.81. The molecule has 118 valence electrons. The van der Waals surface area contributed by atoms with Gasteiger partial charge in [0, 0.05) is 4.88 Å². The number of halogens is 1. The van der Waals surface area contributed by atoms with E-state index in [4.69, 9.17) is 11.6 Å². The number of fused-ring (bicyclic) bond motifs is 1. The molecule has 1 aliphatic rings. The molecule has 1 atom stereocenters. The van der Waals surface area contributed by atoms with Gasteiger partial charge in [0.15, 0.2) is 0 Å². The van der Waals surface area contributed by atoms with Crippen LogP contribution in [0.5, 0.6) is 0 Å². The molecule has 0 saturated carbocycles. The second-order valence-corrected chi connectivity index (χ2v) is 7.62. The summed E-state index contributed by atoms with van der Waals surface area (Å²) in [6.45, 7) is 4.15. The van der Waals surface area contributed by atoms with E-state index in [1.165, 1.54) is 16.2 Å². The topological polar surface area (TPSA) is 52.9 Å². The van der Waals surface area contributed by atoms with Gasteiger partial charge in [-0.1, -0.05) is 24.6 Å². The highest BCUT2D eigenvalue weighted by Gasteiger charge is 2.25. The Balaban J connectivity index is 1.91. The summed E-state index contributed by atoms with van der Waals surface area (Å²) in [5.74, 6) is 0.362. The van der Waals surface area contributed by atoms with Gasteiger partial charge in [0.05, 0.1) is 16.1 Å². The molecule has 0 fully saturated rings. The molecule has 1 aromatic carbocycles. The maximum Gasteiger partial charge on any atom is 0.257 e. The molecule has 3 nitrogen and oxygen atoms in total. The Morgan fingerprint density at radius 3 is 2.96 bits per heavy atom. The molecular weight excluding hydrogens is 328 g/mol. The molecule has 1 aromatic heterocycles. The number of amides is 1. The molecule has 0 saturated heterocycles. The van der Waals surface area contributed by atoms with Gasteiger partial charge in [0.1, 0.15) is 11.1 Å². The summed E-state index contributed by atoms with van der Waals surface area (Å²) in [4.78, 5) is 13.7. The molecule has 1 heterocycles. The lowest BCUT2D eigenvalue weighted by atomic mass is 9.88. The molecule has 0 unspecified atom stereocenters. The van der Waals surface area contributed by atoms with Gasteiger partial charge >= 0.3 is 0 Å². The minimum absolute atomic E-state index is 0.266. The first kappa shape index (κ1) is 16.0. The van der Waals surface area contributed by atoms with Crippen LogP contribution in [0.1, 0.15) is 45.3 Å². The van der Waals surface area contributed by atoms with Crippen LogP contribution in [-0.4, -0.2) is 5.91 Å². The van der Waals surface area contributed by atoms with Gasteiger partial charge in [0.2, 0.25) is 0 Å². The number of hydrogen-bond acceptors (Lipinski definition) is 3. The lowest BCUT2D eigenvalue weighted by molar-refractivity contribution is 0.102. The van der Waals surface area contributed by atoms with Crippen molar-refractivity contribution in [1.82, 2.24) is 0 Å². The van der Waals surface area contributed by atoms with Gasteiger partial charge in [-0.15, -0.1) is 11.3 Å². The summed E-state index contributed by atoms with van der Waals surface area (Å²) in [7, 11) is 0. The third-order valence-corrected chi connectivity index (χ3v) is 5.70. The molecule has 2 aromatic rings. The molecule has 1 N–H and O–H groups in total. The lowest BCUT2D eigenvalue weighted by Crippen LogP contribution is -2.12. The van der Waals surface area contributed by atoms with Crippen molar-refractivity contribution in [1.29, 1.82) is 5.26 Å². The zero-order chi connectivity index (χ0) is 16.6. The van der Waals surface area contributed by atoms with Crippen LogP contribution >= 0.6 is 22.9 Å². The fraction of sp³-hybridized carbons (Fsp3) is 0.333. The number of anilines is 1. The summed E-state index contributed by atoms with van der Waals surface area (Å²) in [6.07, 6.45) is 2.99. The fourth-order valence-corrected chi connectivity index (χ4v) is 4.61. The van der Waals surface area contributed by atoms with Crippen LogP contribution < -0.4 is 5.32 Å². The van der Waals surface area contributed by atoms with Crippen LogP contribution in [0.2, 0.25) is 5.02 Å². The van der Waals surface area contributed by atoms with E-state index in [1.807, 2.05) is 13.0 Å². The first-order chi connectivity index (χ1) is 11.0. The number of nitrogens with one attached hydrogen (secondary N) is 1. The molecule has 0 bridgehead atoms. The minimum Gasteiger partial charge on any atom is -0.312 e. The highest BCUT2D eigenvalue weighted by Crippen LogP contribution is 2.39. The largest absolute Gasteiger partial charge is 0.312 e. The Bertz CT molecular complexity index is 819. The van der Waals surface area contributed by atoms with Gasteiger partial charge in [-0.3, -0.25) is 4.79 Å². The van der Waals surface area contributed by atoms with Crippen molar-refractivity contribution in [3.05, 3.63) is 50.4 Å². The predicted octanol–water partition coefficient (Wildman–Crippen LogP) is 4.96. The van der Waals surface area contributed by atoms with Crippen molar-refractivity contribution in [2.45, 2.75) is 33.1 Å². The molecular formula is C18H17ClN2OS. The third kappa shape index (κ3) is 3.12. The average molecular weight is 345 g/mol. The van der Waals surface area contributed by atoms with Crippen LogP contribution in [0.25, 0.3) is 0 Å². The molecule has 0 radical (unpaired) electrons. The number of carbonyl (C=O) groups is 1. The average Bonchev–Trinajstić information content (AvgIpc) is 2.82. The number of nitriles is 1. The SMILES string of the molecule is Cc1ccc(C(=O)Nc2sc3c(c2C#N)CC[C@@H](C)C3)c(Cl)c1. The highest BCUT2D eigenvalue weighted by molar-refractivity contribution is 7.16. The van der Waals surface area contributed by atoms with Crippen molar-refractivity contribution in [3.8, 4) is 6.07 Å². The number of thiophene rings is 1. The smallest absolute Gasteiger partial charge is 0.257 e. The minimum atomic E-state index is -0.266. The molecule has 0 aliphatic heterocycles. The standard InChI is InChI=1S/C18H17ClN2OS/c1-10-4-6-13(15(19)7-10)17(22)21-18-14(9-20)12-5-3-11(2)8-16(12)23-18/h4,6-7,11H,3,5,8H2,1-2H3,(H,21,22)/t11-/m1/s1. The zero-order valence-electron chi connectivity index (χ0n) is 13.1. The summed E-state index contributed by atoms with van der Waals surface area (Å²) in [5.41, 5.74) is 3.17. The molecule has 23 heavy (non-hydrogen) atoms.